The van der Waals surface area contributed by atoms with Crippen molar-refractivity contribution in [3.8, 4) is 6.07 Å². The van der Waals surface area contributed by atoms with Crippen molar-refractivity contribution in [1.29, 1.82) is 5.26 Å². The summed E-state index contributed by atoms with van der Waals surface area (Å²) >= 11 is 5.96. The van der Waals surface area contributed by atoms with Crippen LogP contribution in [-0.2, 0) is 0 Å². The van der Waals surface area contributed by atoms with Gasteiger partial charge in [0.15, 0.2) is 0 Å². The van der Waals surface area contributed by atoms with Gasteiger partial charge in [-0.3, -0.25) is 0 Å². The zero-order valence-corrected chi connectivity index (χ0v) is 10.0. The van der Waals surface area contributed by atoms with E-state index in [0.717, 1.165) is 11.3 Å². The Morgan fingerprint density at radius 3 is 2.82 bits per heavy atom. The average Bonchev–Trinajstić information content (AvgIpc) is 2.82. The highest BCUT2D eigenvalue weighted by molar-refractivity contribution is 6.32. The zero-order valence-electron chi connectivity index (χ0n) is 9.27. The molecule has 2 rings (SSSR count). The number of hydrogen-bond donors (Lipinski definition) is 1. The van der Waals surface area contributed by atoms with Gasteiger partial charge in [0, 0.05) is 11.3 Å². The molecule has 1 atom stereocenters. The zero-order chi connectivity index (χ0) is 12.3. The minimum absolute atomic E-state index is 0.123. The Labute approximate surface area is 105 Å². The summed E-state index contributed by atoms with van der Waals surface area (Å²) in [6.07, 6.45) is 3.34. The summed E-state index contributed by atoms with van der Waals surface area (Å²) in [5.74, 6) is 0. The average molecular weight is 247 g/mol. The van der Waals surface area contributed by atoms with Crippen LogP contribution in [0.15, 0.2) is 41.2 Å². The fourth-order valence-corrected chi connectivity index (χ4v) is 1.77. The molecule has 1 aromatic heterocycles. The van der Waals surface area contributed by atoms with Crippen LogP contribution in [0.2, 0.25) is 5.02 Å². The number of halogens is 1. The van der Waals surface area contributed by atoms with Crippen molar-refractivity contribution >= 4 is 17.3 Å². The largest absolute Gasteiger partial charge is 0.472 e. The SMILES string of the molecule is CC(Nc1ccc(C#N)c(Cl)c1)c1ccoc1. The predicted molar refractivity (Wildman–Crippen MR) is 66.9 cm³/mol. The van der Waals surface area contributed by atoms with E-state index in [1.54, 1.807) is 24.7 Å². The minimum atomic E-state index is 0.123. The molecule has 0 amide bonds. The van der Waals surface area contributed by atoms with Crippen molar-refractivity contribution < 1.29 is 4.42 Å². The van der Waals surface area contributed by atoms with Gasteiger partial charge >= 0.3 is 0 Å². The molecule has 0 saturated carbocycles. The summed E-state index contributed by atoms with van der Waals surface area (Å²) in [5, 5.41) is 12.5. The molecule has 0 saturated heterocycles. The van der Waals surface area contributed by atoms with Crippen LogP contribution < -0.4 is 5.32 Å². The molecule has 0 aliphatic rings. The first-order valence-electron chi connectivity index (χ1n) is 5.19. The number of hydrogen-bond acceptors (Lipinski definition) is 3. The van der Waals surface area contributed by atoms with E-state index in [0.29, 0.717) is 10.6 Å². The van der Waals surface area contributed by atoms with Gasteiger partial charge in [0.05, 0.1) is 29.2 Å². The molecular weight excluding hydrogens is 236 g/mol. The van der Waals surface area contributed by atoms with Gasteiger partial charge in [-0.05, 0) is 31.2 Å². The van der Waals surface area contributed by atoms with Gasteiger partial charge in [-0.1, -0.05) is 11.6 Å². The van der Waals surface area contributed by atoms with Crippen LogP contribution in [0, 0.1) is 11.3 Å². The number of nitrogens with one attached hydrogen (secondary N) is 1. The van der Waals surface area contributed by atoms with Crippen LogP contribution in [0.1, 0.15) is 24.1 Å². The molecule has 0 radical (unpaired) electrons. The van der Waals surface area contributed by atoms with E-state index in [4.69, 9.17) is 21.3 Å². The van der Waals surface area contributed by atoms with Crippen molar-refractivity contribution in [3.05, 3.63) is 52.9 Å². The maximum Gasteiger partial charge on any atom is 0.101 e. The van der Waals surface area contributed by atoms with Gasteiger partial charge in [-0.15, -0.1) is 0 Å². The lowest BCUT2D eigenvalue weighted by atomic mass is 10.1. The number of anilines is 1. The van der Waals surface area contributed by atoms with Gasteiger partial charge in [-0.2, -0.15) is 5.26 Å². The molecule has 17 heavy (non-hydrogen) atoms. The van der Waals surface area contributed by atoms with Crippen molar-refractivity contribution in [3.63, 3.8) is 0 Å². The van der Waals surface area contributed by atoms with E-state index in [2.05, 4.69) is 5.32 Å². The third-order valence-electron chi connectivity index (χ3n) is 2.52. The van der Waals surface area contributed by atoms with Gasteiger partial charge in [0.2, 0.25) is 0 Å². The number of nitriles is 1. The predicted octanol–water partition coefficient (Wildman–Crippen LogP) is 3.98. The molecule has 4 heteroatoms. The van der Waals surface area contributed by atoms with Gasteiger partial charge < -0.3 is 9.73 Å². The van der Waals surface area contributed by atoms with Crippen LogP contribution in [-0.4, -0.2) is 0 Å². The second-order valence-corrected chi connectivity index (χ2v) is 4.14. The molecule has 0 aliphatic heterocycles. The molecule has 0 bridgehead atoms. The second kappa shape index (κ2) is 4.94. The molecule has 2 aromatic rings. The summed E-state index contributed by atoms with van der Waals surface area (Å²) in [6.45, 7) is 2.02. The van der Waals surface area contributed by atoms with E-state index in [1.165, 1.54) is 0 Å². The fourth-order valence-electron chi connectivity index (χ4n) is 1.55. The highest BCUT2D eigenvalue weighted by Gasteiger charge is 2.07. The molecule has 1 unspecified atom stereocenters. The van der Waals surface area contributed by atoms with E-state index in [-0.39, 0.29) is 6.04 Å². The third kappa shape index (κ3) is 2.61. The maximum absolute atomic E-state index is 8.77. The summed E-state index contributed by atoms with van der Waals surface area (Å²) in [7, 11) is 0. The second-order valence-electron chi connectivity index (χ2n) is 3.73. The Balaban J connectivity index is 2.15. The Morgan fingerprint density at radius 2 is 2.24 bits per heavy atom. The number of benzene rings is 1. The van der Waals surface area contributed by atoms with E-state index >= 15 is 0 Å². The maximum atomic E-state index is 8.77. The lowest BCUT2D eigenvalue weighted by Gasteiger charge is -2.13. The Morgan fingerprint density at radius 1 is 1.41 bits per heavy atom. The number of nitrogens with zero attached hydrogens (tertiary/aromatic N) is 1. The molecule has 0 aliphatic carbocycles. The first-order valence-corrected chi connectivity index (χ1v) is 5.57. The molecule has 3 nitrogen and oxygen atoms in total. The highest BCUT2D eigenvalue weighted by atomic mass is 35.5. The Kier molecular flexibility index (Phi) is 3.36. The minimum Gasteiger partial charge on any atom is -0.472 e. The van der Waals surface area contributed by atoms with Crippen molar-refractivity contribution in [2.45, 2.75) is 13.0 Å². The van der Waals surface area contributed by atoms with Gasteiger partial charge in [-0.25, -0.2) is 0 Å². The van der Waals surface area contributed by atoms with Crippen molar-refractivity contribution in [2.24, 2.45) is 0 Å². The van der Waals surface area contributed by atoms with E-state index in [1.807, 2.05) is 25.1 Å². The normalized spacial score (nSPS) is 11.8. The quantitative estimate of drug-likeness (QED) is 0.891. The Hall–Kier alpha value is -1.92. The first-order chi connectivity index (χ1) is 8.20. The summed E-state index contributed by atoms with van der Waals surface area (Å²) in [6, 6.07) is 9.34. The third-order valence-corrected chi connectivity index (χ3v) is 2.83. The lowest BCUT2D eigenvalue weighted by molar-refractivity contribution is 0.562. The van der Waals surface area contributed by atoms with Crippen LogP contribution >= 0.6 is 11.6 Å². The number of furan rings is 1. The van der Waals surface area contributed by atoms with Crippen molar-refractivity contribution in [1.82, 2.24) is 0 Å². The molecule has 0 fully saturated rings. The first kappa shape index (κ1) is 11.6. The van der Waals surface area contributed by atoms with Crippen LogP contribution in [0.4, 0.5) is 5.69 Å². The van der Waals surface area contributed by atoms with E-state index in [9.17, 15) is 0 Å². The topological polar surface area (TPSA) is 49.0 Å². The molecule has 86 valence electrons. The standard InChI is InChI=1S/C13H11ClN2O/c1-9(11-4-5-17-8-11)16-12-3-2-10(7-15)13(14)6-12/h2-6,8-9,16H,1H3. The monoisotopic (exact) mass is 246 g/mol. The smallest absolute Gasteiger partial charge is 0.101 e. The summed E-state index contributed by atoms with van der Waals surface area (Å²) in [5.41, 5.74) is 2.42. The lowest BCUT2D eigenvalue weighted by Crippen LogP contribution is -2.05. The summed E-state index contributed by atoms with van der Waals surface area (Å²) in [4.78, 5) is 0. The fraction of sp³-hybridized carbons (Fsp3) is 0.154. The van der Waals surface area contributed by atoms with E-state index < -0.39 is 0 Å². The van der Waals surface area contributed by atoms with Crippen LogP contribution in [0.5, 0.6) is 0 Å². The highest BCUT2D eigenvalue weighted by Crippen LogP contribution is 2.24. The summed E-state index contributed by atoms with van der Waals surface area (Å²) < 4.78 is 5.02. The number of rotatable bonds is 3. The molecule has 1 N–H and O–H groups in total. The van der Waals surface area contributed by atoms with Gasteiger partial charge in [0.25, 0.3) is 0 Å². The van der Waals surface area contributed by atoms with Crippen LogP contribution in [0.25, 0.3) is 0 Å². The van der Waals surface area contributed by atoms with Crippen LogP contribution in [0.3, 0.4) is 0 Å². The molecular formula is C13H11ClN2O. The van der Waals surface area contributed by atoms with Crippen molar-refractivity contribution in [2.75, 3.05) is 5.32 Å². The molecule has 1 aromatic carbocycles. The van der Waals surface area contributed by atoms with Gasteiger partial charge in [0.1, 0.15) is 6.07 Å². The molecule has 0 spiro atoms. The molecule has 1 heterocycles. The Bertz CT molecular complexity index is 543.